The number of nitrogens with two attached hydrogens (primary N) is 1. The Hall–Kier alpha value is -1.33. The minimum absolute atomic E-state index is 0.102. The minimum atomic E-state index is -0.761. The molecule has 1 aromatic carbocycles. The lowest BCUT2D eigenvalue weighted by atomic mass is 10.0. The second-order valence-corrected chi connectivity index (χ2v) is 5.52. The van der Waals surface area contributed by atoms with Crippen LogP contribution in [0.1, 0.15) is 29.8 Å². The molecule has 0 aliphatic rings. The molecule has 20 heavy (non-hydrogen) atoms. The smallest absolute Gasteiger partial charge is 0.132 e. The van der Waals surface area contributed by atoms with Crippen LogP contribution < -0.4 is 5.73 Å². The number of pyridine rings is 1. The highest BCUT2D eigenvalue weighted by Gasteiger charge is 2.18. The normalized spacial score (nSPS) is 12.4. The first kappa shape index (κ1) is 15.1. The van der Waals surface area contributed by atoms with Gasteiger partial charge in [0.2, 0.25) is 0 Å². The minimum Gasteiger partial charge on any atom is -0.323 e. The summed E-state index contributed by atoms with van der Waals surface area (Å²) in [6.45, 7) is 2.04. The summed E-state index contributed by atoms with van der Waals surface area (Å²) in [5, 5.41) is 0. The van der Waals surface area contributed by atoms with Crippen molar-refractivity contribution in [1.82, 2.24) is 4.98 Å². The number of rotatable bonds is 4. The third-order valence-corrected chi connectivity index (χ3v) is 3.60. The number of hydrogen-bond acceptors (Lipinski definition) is 2. The van der Waals surface area contributed by atoms with E-state index in [0.717, 1.165) is 17.7 Å². The van der Waals surface area contributed by atoms with Crippen molar-refractivity contribution in [2.24, 2.45) is 5.73 Å². The van der Waals surface area contributed by atoms with Crippen molar-refractivity contribution in [3.8, 4) is 0 Å². The summed E-state index contributed by atoms with van der Waals surface area (Å²) in [4.78, 5) is 4.26. The highest BCUT2D eigenvalue weighted by Crippen LogP contribution is 2.25. The number of nitrogens with zero attached hydrogens (tertiary/aromatic N) is 1. The molecule has 1 unspecified atom stereocenters. The van der Waals surface area contributed by atoms with Crippen LogP contribution in [0.25, 0.3) is 0 Å². The van der Waals surface area contributed by atoms with Gasteiger partial charge in [-0.15, -0.1) is 0 Å². The van der Waals surface area contributed by atoms with Crippen molar-refractivity contribution in [3.05, 3.63) is 63.4 Å². The summed E-state index contributed by atoms with van der Waals surface area (Å²) < 4.78 is 28.0. The second-order valence-electron chi connectivity index (χ2n) is 4.61. The Balaban J connectivity index is 2.21. The van der Waals surface area contributed by atoms with Gasteiger partial charge in [-0.1, -0.05) is 28.9 Å². The molecule has 0 spiro atoms. The molecule has 1 aromatic heterocycles. The third kappa shape index (κ3) is 3.41. The van der Waals surface area contributed by atoms with Crippen molar-refractivity contribution in [2.45, 2.75) is 25.8 Å². The van der Waals surface area contributed by atoms with E-state index in [4.69, 9.17) is 5.73 Å². The maximum absolute atomic E-state index is 13.8. The topological polar surface area (TPSA) is 38.9 Å². The molecule has 1 atom stereocenters. The fraction of sp³-hybridized carbons (Fsp3) is 0.267. The maximum Gasteiger partial charge on any atom is 0.132 e. The first-order valence-corrected chi connectivity index (χ1v) is 7.14. The summed E-state index contributed by atoms with van der Waals surface area (Å²) in [6.07, 6.45) is 2.95. The van der Waals surface area contributed by atoms with Crippen molar-refractivity contribution >= 4 is 15.9 Å². The van der Waals surface area contributed by atoms with E-state index in [9.17, 15) is 8.78 Å². The van der Waals surface area contributed by atoms with Gasteiger partial charge in [-0.25, -0.2) is 8.78 Å². The molecule has 0 radical (unpaired) electrons. The lowest BCUT2D eigenvalue weighted by Crippen LogP contribution is -2.17. The van der Waals surface area contributed by atoms with Crippen LogP contribution in [-0.4, -0.2) is 4.98 Å². The van der Waals surface area contributed by atoms with Gasteiger partial charge in [-0.3, -0.25) is 4.98 Å². The molecule has 1 heterocycles. The van der Waals surface area contributed by atoms with Crippen molar-refractivity contribution in [3.63, 3.8) is 0 Å². The predicted molar refractivity (Wildman–Crippen MR) is 78.3 cm³/mol. The molecule has 0 saturated carbocycles. The molecule has 0 aliphatic carbocycles. The average molecular weight is 341 g/mol. The van der Waals surface area contributed by atoms with Gasteiger partial charge in [-0.2, -0.15) is 0 Å². The zero-order chi connectivity index (χ0) is 14.7. The zero-order valence-electron chi connectivity index (χ0n) is 11.0. The fourth-order valence-electron chi connectivity index (χ4n) is 2.02. The average Bonchev–Trinajstić information content (AvgIpc) is 2.38. The van der Waals surface area contributed by atoms with Crippen LogP contribution in [0, 0.1) is 11.6 Å². The standard InChI is InChI=1S/C15H15BrF2N2/c1-2-9-3-4-11(20-8-9)7-14(19)15-12(17)5-10(16)6-13(15)18/h3-6,8,14H,2,7,19H2,1H3. The van der Waals surface area contributed by atoms with Crippen LogP contribution in [0.3, 0.4) is 0 Å². The summed E-state index contributed by atoms with van der Waals surface area (Å²) in [5.74, 6) is -1.29. The predicted octanol–water partition coefficient (Wildman–Crippen LogP) is 3.93. The molecule has 0 saturated heterocycles. The molecule has 0 bridgehead atoms. The van der Waals surface area contributed by atoms with E-state index in [1.807, 2.05) is 19.1 Å². The summed E-state index contributed by atoms with van der Waals surface area (Å²) in [7, 11) is 0. The Labute approximate surface area is 125 Å². The monoisotopic (exact) mass is 340 g/mol. The molecule has 0 amide bonds. The lowest BCUT2D eigenvalue weighted by molar-refractivity contribution is 0.521. The quantitative estimate of drug-likeness (QED) is 0.915. The number of benzene rings is 1. The SMILES string of the molecule is CCc1ccc(CC(N)c2c(F)cc(Br)cc2F)nc1. The highest BCUT2D eigenvalue weighted by atomic mass is 79.9. The Morgan fingerprint density at radius 1 is 1.25 bits per heavy atom. The van der Waals surface area contributed by atoms with Crippen molar-refractivity contribution in [2.75, 3.05) is 0 Å². The van der Waals surface area contributed by atoms with Crippen LogP contribution in [0.2, 0.25) is 0 Å². The third-order valence-electron chi connectivity index (χ3n) is 3.14. The Kier molecular flexibility index (Phi) is 4.83. The molecule has 2 aromatic rings. The van der Waals surface area contributed by atoms with Crippen LogP contribution in [0.5, 0.6) is 0 Å². The molecular formula is C15H15BrF2N2. The van der Waals surface area contributed by atoms with Gasteiger partial charge >= 0.3 is 0 Å². The number of aryl methyl sites for hydroxylation is 1. The van der Waals surface area contributed by atoms with E-state index < -0.39 is 17.7 Å². The van der Waals surface area contributed by atoms with Gasteiger partial charge in [-0.05, 0) is 30.2 Å². The zero-order valence-corrected chi connectivity index (χ0v) is 12.6. The van der Waals surface area contributed by atoms with Crippen molar-refractivity contribution < 1.29 is 8.78 Å². The van der Waals surface area contributed by atoms with Gasteiger partial charge in [0, 0.05) is 34.4 Å². The van der Waals surface area contributed by atoms with Gasteiger partial charge in [0.05, 0.1) is 0 Å². The van der Waals surface area contributed by atoms with E-state index in [2.05, 4.69) is 20.9 Å². The number of halogens is 3. The molecule has 2 nitrogen and oxygen atoms in total. The summed E-state index contributed by atoms with van der Waals surface area (Å²) in [6, 6.07) is 5.46. The molecular weight excluding hydrogens is 326 g/mol. The van der Waals surface area contributed by atoms with Gasteiger partial charge in [0.1, 0.15) is 11.6 Å². The maximum atomic E-state index is 13.8. The second kappa shape index (κ2) is 6.41. The van der Waals surface area contributed by atoms with Gasteiger partial charge in [0.25, 0.3) is 0 Å². The van der Waals surface area contributed by atoms with Crippen LogP contribution >= 0.6 is 15.9 Å². The Morgan fingerprint density at radius 2 is 1.90 bits per heavy atom. The van der Waals surface area contributed by atoms with E-state index in [1.165, 1.54) is 12.1 Å². The van der Waals surface area contributed by atoms with E-state index in [-0.39, 0.29) is 5.56 Å². The summed E-state index contributed by atoms with van der Waals surface area (Å²) >= 11 is 3.05. The number of aromatic nitrogens is 1. The van der Waals surface area contributed by atoms with Crippen LogP contribution in [-0.2, 0) is 12.8 Å². The first-order chi connectivity index (χ1) is 9.51. The molecule has 2 rings (SSSR count). The molecule has 106 valence electrons. The van der Waals surface area contributed by atoms with Crippen molar-refractivity contribution in [1.29, 1.82) is 0 Å². The molecule has 0 fully saturated rings. The highest BCUT2D eigenvalue weighted by molar-refractivity contribution is 9.10. The number of hydrogen-bond donors (Lipinski definition) is 1. The molecule has 0 aliphatic heterocycles. The van der Waals surface area contributed by atoms with Gasteiger partial charge < -0.3 is 5.73 Å². The van der Waals surface area contributed by atoms with E-state index >= 15 is 0 Å². The fourth-order valence-corrected chi connectivity index (χ4v) is 2.42. The molecule has 2 N–H and O–H groups in total. The Bertz CT molecular complexity index is 576. The lowest BCUT2D eigenvalue weighted by Gasteiger charge is -2.14. The molecule has 5 heteroatoms. The Morgan fingerprint density at radius 3 is 2.40 bits per heavy atom. The van der Waals surface area contributed by atoms with Gasteiger partial charge in [0.15, 0.2) is 0 Å². The van der Waals surface area contributed by atoms with Crippen LogP contribution in [0.15, 0.2) is 34.9 Å². The van der Waals surface area contributed by atoms with E-state index in [0.29, 0.717) is 10.9 Å². The first-order valence-electron chi connectivity index (χ1n) is 6.35. The summed E-state index contributed by atoms with van der Waals surface area (Å²) in [5.41, 5.74) is 7.64. The largest absolute Gasteiger partial charge is 0.323 e. The van der Waals surface area contributed by atoms with Crippen LogP contribution in [0.4, 0.5) is 8.78 Å². The van der Waals surface area contributed by atoms with E-state index in [1.54, 1.807) is 6.20 Å².